The number of pyridine rings is 1. The van der Waals surface area contributed by atoms with Crippen molar-refractivity contribution in [3.8, 4) is 0 Å². The van der Waals surface area contributed by atoms with Crippen LogP contribution < -0.4 is 0 Å². The molecule has 0 aliphatic rings. The molecule has 76 valence electrons. The number of alkyl halides is 2. The Bertz CT molecular complexity index is 386. The van der Waals surface area contributed by atoms with E-state index in [2.05, 4.69) is 4.98 Å². The summed E-state index contributed by atoms with van der Waals surface area (Å²) in [7, 11) is 0. The third-order valence-electron chi connectivity index (χ3n) is 1.38. The van der Waals surface area contributed by atoms with Crippen LogP contribution in [0.3, 0.4) is 0 Å². The highest BCUT2D eigenvalue weighted by molar-refractivity contribution is 14.1. The summed E-state index contributed by atoms with van der Waals surface area (Å²) in [5, 5.41) is 10.4. The molecule has 0 atom stereocenters. The van der Waals surface area contributed by atoms with Gasteiger partial charge < -0.3 is 10.1 Å². The molecule has 0 radical (unpaired) electrons. The van der Waals surface area contributed by atoms with Crippen molar-refractivity contribution < 1.29 is 13.7 Å². The molecule has 0 N–H and O–H groups in total. The van der Waals surface area contributed by atoms with Gasteiger partial charge in [0.2, 0.25) is 0 Å². The minimum absolute atomic E-state index is 0.180. The number of rotatable bonds is 2. The van der Waals surface area contributed by atoms with Crippen LogP contribution in [0, 0.1) is 17.3 Å². The van der Waals surface area contributed by atoms with Crippen molar-refractivity contribution in [2.75, 3.05) is 0 Å². The Morgan fingerprint density at radius 3 is 2.50 bits per heavy atom. The molecule has 1 rings (SSSR count). The van der Waals surface area contributed by atoms with Crippen molar-refractivity contribution >= 4 is 51.0 Å². The van der Waals surface area contributed by atoms with Crippen LogP contribution in [0.25, 0.3) is 0 Å². The van der Waals surface area contributed by atoms with Crippen LogP contribution in [-0.2, 0) is 0 Å². The van der Waals surface area contributed by atoms with Gasteiger partial charge in [-0.2, -0.15) is 0 Å². The minimum atomic E-state index is -2.88. The second-order valence-corrected chi connectivity index (χ2v) is 4.46. The molecule has 0 amide bonds. The average molecular weight is 426 g/mol. The fraction of sp³-hybridized carbons (Fsp3) is 0.167. The highest BCUT2D eigenvalue weighted by atomic mass is 127. The van der Waals surface area contributed by atoms with Crippen molar-refractivity contribution in [2.45, 2.75) is 6.43 Å². The molecule has 14 heavy (non-hydrogen) atoms. The Morgan fingerprint density at radius 2 is 2.07 bits per heavy atom. The quantitative estimate of drug-likeness (QED) is 0.415. The van der Waals surface area contributed by atoms with E-state index in [9.17, 15) is 18.9 Å². The van der Waals surface area contributed by atoms with E-state index in [1.165, 1.54) is 6.20 Å². The highest BCUT2D eigenvalue weighted by Gasteiger charge is 2.27. The van der Waals surface area contributed by atoms with E-state index in [1.54, 1.807) is 45.2 Å². The van der Waals surface area contributed by atoms with Crippen molar-refractivity contribution in [1.82, 2.24) is 4.98 Å². The summed E-state index contributed by atoms with van der Waals surface area (Å²) in [6, 6.07) is 0. The van der Waals surface area contributed by atoms with Crippen LogP contribution in [0.4, 0.5) is 14.6 Å². The van der Waals surface area contributed by atoms with E-state index in [4.69, 9.17) is 0 Å². The van der Waals surface area contributed by atoms with Crippen LogP contribution in [0.15, 0.2) is 6.20 Å². The lowest BCUT2D eigenvalue weighted by atomic mass is 10.3. The van der Waals surface area contributed by atoms with Crippen LogP contribution in [0.2, 0.25) is 0 Å². The number of hydrogen-bond acceptors (Lipinski definition) is 3. The topological polar surface area (TPSA) is 56.0 Å². The second-order valence-electron chi connectivity index (χ2n) is 2.22. The van der Waals surface area contributed by atoms with Gasteiger partial charge in [0.15, 0.2) is 6.20 Å². The Morgan fingerprint density at radius 1 is 1.50 bits per heavy atom. The van der Waals surface area contributed by atoms with Crippen LogP contribution >= 0.6 is 45.2 Å². The van der Waals surface area contributed by atoms with E-state index < -0.39 is 22.7 Å². The number of nitrogens with zero attached hydrogens (tertiary/aromatic N) is 2. The Kier molecular flexibility index (Phi) is 3.92. The zero-order valence-electron chi connectivity index (χ0n) is 6.38. The lowest BCUT2D eigenvalue weighted by molar-refractivity contribution is -0.391. The summed E-state index contributed by atoms with van der Waals surface area (Å²) in [4.78, 5) is 12.9. The first-order valence-corrected chi connectivity index (χ1v) is 5.37. The summed E-state index contributed by atoms with van der Waals surface area (Å²) in [6.07, 6.45) is -1.68. The van der Waals surface area contributed by atoms with Crippen molar-refractivity contribution in [2.24, 2.45) is 0 Å². The normalized spacial score (nSPS) is 10.6. The van der Waals surface area contributed by atoms with Crippen molar-refractivity contribution in [3.05, 3.63) is 29.0 Å². The van der Waals surface area contributed by atoms with Gasteiger partial charge in [0.1, 0.15) is 5.56 Å². The molecule has 1 aromatic heterocycles. The lowest BCUT2D eigenvalue weighted by Crippen LogP contribution is -2.03. The summed E-state index contributed by atoms with van der Waals surface area (Å²) in [5.41, 5.74) is -0.609. The Balaban J connectivity index is 3.45. The molecule has 0 saturated heterocycles. The molecule has 1 heterocycles. The molecular weight excluding hydrogens is 424 g/mol. The number of nitro groups is 1. The summed E-state index contributed by atoms with van der Waals surface area (Å²) in [5.74, 6) is -0.773. The third-order valence-corrected chi connectivity index (χ3v) is 4.39. The first kappa shape index (κ1) is 11.9. The first-order chi connectivity index (χ1) is 6.45. The molecule has 4 nitrogen and oxygen atoms in total. The van der Waals surface area contributed by atoms with Crippen molar-refractivity contribution in [1.29, 1.82) is 0 Å². The molecule has 0 saturated carbocycles. The number of halogens is 4. The van der Waals surface area contributed by atoms with Crippen molar-refractivity contribution in [3.63, 3.8) is 0 Å². The third kappa shape index (κ3) is 2.27. The van der Waals surface area contributed by atoms with Gasteiger partial charge in [-0.3, -0.25) is 0 Å². The molecule has 8 heteroatoms. The van der Waals surface area contributed by atoms with E-state index in [0.29, 0.717) is 3.57 Å². The van der Waals surface area contributed by atoms with Gasteiger partial charge in [0.25, 0.3) is 6.43 Å². The maximum Gasteiger partial charge on any atom is 0.373 e. The highest BCUT2D eigenvalue weighted by Crippen LogP contribution is 2.33. The number of hydrogen-bond donors (Lipinski definition) is 0. The molecular formula is C6H2F2I2N2O2. The lowest BCUT2D eigenvalue weighted by Gasteiger charge is -2.04. The monoisotopic (exact) mass is 426 g/mol. The molecule has 0 spiro atoms. The van der Waals surface area contributed by atoms with Gasteiger partial charge in [-0.05, 0) is 55.1 Å². The van der Waals surface area contributed by atoms with Gasteiger partial charge in [-0.15, -0.1) is 0 Å². The Labute approximate surface area is 105 Å². The fourth-order valence-corrected chi connectivity index (χ4v) is 1.86. The van der Waals surface area contributed by atoms with Gasteiger partial charge in [-0.25, -0.2) is 8.78 Å². The van der Waals surface area contributed by atoms with Crippen LogP contribution in [0.5, 0.6) is 0 Å². The standard InChI is InChI=1S/C6H2F2I2N2O2/c7-5(8)3-4(10)2(9)1-11-6(3)12(13)14/h1,5H. The van der Waals surface area contributed by atoms with Gasteiger partial charge in [0.05, 0.1) is 3.57 Å². The molecule has 0 unspecified atom stereocenters. The summed E-state index contributed by atoms with van der Waals surface area (Å²) < 4.78 is 25.6. The fourth-order valence-electron chi connectivity index (χ4n) is 0.810. The maximum absolute atomic E-state index is 12.5. The number of aromatic nitrogens is 1. The molecule has 1 aromatic rings. The van der Waals surface area contributed by atoms with E-state index in [1.807, 2.05) is 0 Å². The van der Waals surface area contributed by atoms with Crippen LogP contribution in [-0.4, -0.2) is 9.91 Å². The largest absolute Gasteiger partial charge is 0.373 e. The van der Waals surface area contributed by atoms with Gasteiger partial charge >= 0.3 is 5.82 Å². The van der Waals surface area contributed by atoms with E-state index >= 15 is 0 Å². The van der Waals surface area contributed by atoms with E-state index in [-0.39, 0.29) is 3.57 Å². The molecule has 0 fully saturated rings. The van der Waals surface area contributed by atoms with Crippen LogP contribution in [0.1, 0.15) is 12.0 Å². The summed E-state index contributed by atoms with van der Waals surface area (Å²) >= 11 is 3.44. The summed E-state index contributed by atoms with van der Waals surface area (Å²) in [6.45, 7) is 0. The zero-order valence-corrected chi connectivity index (χ0v) is 10.7. The van der Waals surface area contributed by atoms with Gasteiger partial charge in [0, 0.05) is 3.57 Å². The smallest absolute Gasteiger partial charge is 0.358 e. The maximum atomic E-state index is 12.5. The average Bonchev–Trinajstić information content (AvgIpc) is 2.08. The van der Waals surface area contributed by atoms with Gasteiger partial charge in [-0.1, -0.05) is 0 Å². The second kappa shape index (κ2) is 4.59. The first-order valence-electron chi connectivity index (χ1n) is 3.21. The predicted octanol–water partition coefficient (Wildman–Crippen LogP) is 3.14. The Hall–Kier alpha value is -0.130. The van der Waals surface area contributed by atoms with E-state index in [0.717, 1.165) is 0 Å². The molecule has 0 aromatic carbocycles. The SMILES string of the molecule is O=[N+]([O-])c1ncc(I)c(I)c1C(F)F. The molecule has 0 aliphatic heterocycles. The molecule has 0 bridgehead atoms. The minimum Gasteiger partial charge on any atom is -0.358 e. The molecule has 0 aliphatic carbocycles. The predicted molar refractivity (Wildman–Crippen MR) is 61.3 cm³/mol. The zero-order chi connectivity index (χ0) is 10.9.